The van der Waals surface area contributed by atoms with Crippen molar-refractivity contribution >= 4 is 15.9 Å². The number of aryl methyl sites for hydroxylation is 1. The normalized spacial score (nSPS) is 16.9. The minimum absolute atomic E-state index is 0.0533. The molecule has 134 valence electrons. The number of piperidine rings is 1. The molecule has 5 nitrogen and oxygen atoms in total. The van der Waals surface area contributed by atoms with Crippen LogP contribution in [-0.4, -0.2) is 44.0 Å². The number of carbonyl (C=O) groups is 1. The van der Waals surface area contributed by atoms with Crippen molar-refractivity contribution in [2.24, 2.45) is 5.92 Å². The SMILES string of the molecule is CCCCNC(=O)C1CCN(S(=O)(=O)CCc2ccccc2)CC1. The summed E-state index contributed by atoms with van der Waals surface area (Å²) in [6.07, 6.45) is 3.79. The number of sulfonamides is 1. The van der Waals surface area contributed by atoms with E-state index in [1.54, 1.807) is 4.31 Å². The topological polar surface area (TPSA) is 66.5 Å². The number of nitrogens with zero attached hydrogens (tertiary/aromatic N) is 1. The molecule has 1 saturated heterocycles. The first-order valence-corrected chi connectivity index (χ1v) is 10.4. The van der Waals surface area contributed by atoms with Crippen LogP contribution in [0.15, 0.2) is 30.3 Å². The fourth-order valence-electron chi connectivity index (χ4n) is 2.95. The van der Waals surface area contributed by atoms with Gasteiger partial charge in [-0.2, -0.15) is 0 Å². The van der Waals surface area contributed by atoms with Gasteiger partial charge in [-0.25, -0.2) is 12.7 Å². The molecule has 1 amide bonds. The fourth-order valence-corrected chi connectivity index (χ4v) is 4.47. The predicted molar refractivity (Wildman–Crippen MR) is 96.1 cm³/mol. The van der Waals surface area contributed by atoms with E-state index in [4.69, 9.17) is 0 Å². The second-order valence-electron chi connectivity index (χ2n) is 6.37. The zero-order chi connectivity index (χ0) is 17.4. The summed E-state index contributed by atoms with van der Waals surface area (Å²) in [5.41, 5.74) is 1.03. The summed E-state index contributed by atoms with van der Waals surface area (Å²) in [5, 5.41) is 2.95. The van der Waals surface area contributed by atoms with Crippen molar-refractivity contribution in [3.8, 4) is 0 Å². The highest BCUT2D eigenvalue weighted by Crippen LogP contribution is 2.20. The second-order valence-corrected chi connectivity index (χ2v) is 8.46. The van der Waals surface area contributed by atoms with E-state index in [1.807, 2.05) is 30.3 Å². The smallest absolute Gasteiger partial charge is 0.223 e. The van der Waals surface area contributed by atoms with Crippen LogP contribution in [0.3, 0.4) is 0 Å². The van der Waals surface area contributed by atoms with Crippen molar-refractivity contribution in [1.29, 1.82) is 0 Å². The van der Waals surface area contributed by atoms with Crippen LogP contribution >= 0.6 is 0 Å². The van der Waals surface area contributed by atoms with Crippen LogP contribution in [0.5, 0.6) is 0 Å². The van der Waals surface area contributed by atoms with E-state index < -0.39 is 10.0 Å². The van der Waals surface area contributed by atoms with Crippen molar-refractivity contribution in [1.82, 2.24) is 9.62 Å². The zero-order valence-corrected chi connectivity index (χ0v) is 15.2. The first-order chi connectivity index (χ1) is 11.5. The third kappa shape index (κ3) is 5.60. The van der Waals surface area contributed by atoms with Crippen LogP contribution in [0.4, 0.5) is 0 Å². The first-order valence-electron chi connectivity index (χ1n) is 8.82. The third-order valence-electron chi connectivity index (χ3n) is 4.54. The number of nitrogens with one attached hydrogen (secondary N) is 1. The number of carbonyl (C=O) groups excluding carboxylic acids is 1. The van der Waals surface area contributed by atoms with E-state index in [0.717, 1.165) is 18.4 Å². The maximum Gasteiger partial charge on any atom is 0.223 e. The van der Waals surface area contributed by atoms with E-state index in [-0.39, 0.29) is 17.6 Å². The molecule has 1 heterocycles. The fraction of sp³-hybridized carbons (Fsp3) is 0.611. The number of hydrogen-bond acceptors (Lipinski definition) is 3. The molecule has 0 atom stereocenters. The molecule has 0 saturated carbocycles. The summed E-state index contributed by atoms with van der Waals surface area (Å²) in [6, 6.07) is 9.66. The van der Waals surface area contributed by atoms with Gasteiger partial charge in [-0.3, -0.25) is 4.79 Å². The summed E-state index contributed by atoms with van der Waals surface area (Å²) in [7, 11) is -3.25. The van der Waals surface area contributed by atoms with Gasteiger partial charge in [0.2, 0.25) is 15.9 Å². The molecule has 1 fully saturated rings. The highest BCUT2D eigenvalue weighted by atomic mass is 32.2. The molecule has 0 radical (unpaired) electrons. The Bertz CT molecular complexity index is 608. The van der Waals surface area contributed by atoms with Gasteiger partial charge in [-0.15, -0.1) is 0 Å². The lowest BCUT2D eigenvalue weighted by Crippen LogP contribution is -2.44. The largest absolute Gasteiger partial charge is 0.356 e. The van der Waals surface area contributed by atoms with Gasteiger partial charge >= 0.3 is 0 Å². The minimum atomic E-state index is -3.25. The van der Waals surface area contributed by atoms with Crippen LogP contribution in [0.25, 0.3) is 0 Å². The molecule has 0 spiro atoms. The molecule has 2 rings (SSSR count). The highest BCUT2D eigenvalue weighted by molar-refractivity contribution is 7.89. The van der Waals surface area contributed by atoms with Gasteiger partial charge in [0, 0.05) is 25.6 Å². The van der Waals surface area contributed by atoms with Gasteiger partial charge in [0.25, 0.3) is 0 Å². The zero-order valence-electron chi connectivity index (χ0n) is 14.4. The van der Waals surface area contributed by atoms with Crippen molar-refractivity contribution in [3.63, 3.8) is 0 Å². The molecule has 1 aromatic carbocycles. The maximum absolute atomic E-state index is 12.5. The van der Waals surface area contributed by atoms with Crippen molar-refractivity contribution in [3.05, 3.63) is 35.9 Å². The predicted octanol–water partition coefficient (Wildman–Crippen LogP) is 2.19. The summed E-state index contributed by atoms with van der Waals surface area (Å²) in [4.78, 5) is 12.1. The molecule has 0 bridgehead atoms. The summed E-state index contributed by atoms with van der Waals surface area (Å²) in [6.45, 7) is 3.70. The summed E-state index contributed by atoms with van der Waals surface area (Å²) < 4.78 is 26.5. The van der Waals surface area contributed by atoms with Gasteiger partial charge in [0.15, 0.2) is 0 Å². The van der Waals surface area contributed by atoms with Gasteiger partial charge in [0.05, 0.1) is 5.75 Å². The Labute approximate surface area is 145 Å². The molecule has 6 heteroatoms. The van der Waals surface area contributed by atoms with Gasteiger partial charge in [0.1, 0.15) is 0 Å². The Morgan fingerprint density at radius 2 is 1.88 bits per heavy atom. The minimum Gasteiger partial charge on any atom is -0.356 e. The van der Waals surface area contributed by atoms with Gasteiger partial charge in [-0.1, -0.05) is 43.7 Å². The van der Waals surface area contributed by atoms with Crippen molar-refractivity contribution in [2.75, 3.05) is 25.4 Å². The van der Waals surface area contributed by atoms with Crippen LogP contribution in [0.1, 0.15) is 38.2 Å². The molecule has 0 aliphatic carbocycles. The third-order valence-corrected chi connectivity index (χ3v) is 6.41. The number of rotatable bonds is 8. The number of benzene rings is 1. The van der Waals surface area contributed by atoms with Gasteiger partial charge < -0.3 is 5.32 Å². The molecule has 0 aromatic heterocycles. The summed E-state index contributed by atoms with van der Waals surface area (Å²) >= 11 is 0. The monoisotopic (exact) mass is 352 g/mol. The van der Waals surface area contributed by atoms with E-state index in [9.17, 15) is 13.2 Å². The van der Waals surface area contributed by atoms with E-state index in [2.05, 4.69) is 12.2 Å². The molecular formula is C18H28N2O3S. The number of unbranched alkanes of at least 4 members (excludes halogenated alkanes) is 1. The van der Waals surface area contributed by atoms with Crippen LogP contribution in [-0.2, 0) is 21.2 Å². The van der Waals surface area contributed by atoms with Crippen LogP contribution in [0.2, 0.25) is 0 Å². The van der Waals surface area contributed by atoms with Gasteiger partial charge in [-0.05, 0) is 31.2 Å². The number of hydrogen-bond donors (Lipinski definition) is 1. The Balaban J connectivity index is 1.79. The number of amides is 1. The van der Waals surface area contributed by atoms with E-state index >= 15 is 0 Å². The molecule has 0 unspecified atom stereocenters. The lowest BCUT2D eigenvalue weighted by atomic mass is 9.97. The lowest BCUT2D eigenvalue weighted by Gasteiger charge is -2.30. The Kier molecular flexibility index (Phi) is 7.24. The first kappa shape index (κ1) is 18.9. The van der Waals surface area contributed by atoms with Crippen LogP contribution < -0.4 is 5.32 Å². The Morgan fingerprint density at radius 1 is 1.21 bits per heavy atom. The Hall–Kier alpha value is -1.40. The van der Waals surface area contributed by atoms with Crippen molar-refractivity contribution in [2.45, 2.75) is 39.0 Å². The van der Waals surface area contributed by atoms with E-state index in [0.29, 0.717) is 38.9 Å². The maximum atomic E-state index is 12.5. The molecule has 1 N–H and O–H groups in total. The Morgan fingerprint density at radius 3 is 2.50 bits per heavy atom. The van der Waals surface area contributed by atoms with E-state index in [1.165, 1.54) is 0 Å². The summed E-state index contributed by atoms with van der Waals surface area (Å²) in [5.74, 6) is 0.150. The lowest BCUT2D eigenvalue weighted by molar-refractivity contribution is -0.126. The average molecular weight is 353 g/mol. The molecule has 1 aliphatic heterocycles. The second kappa shape index (κ2) is 9.18. The molecule has 1 aromatic rings. The standard InChI is InChI=1S/C18H28N2O3S/c1-2-3-12-19-18(21)17-9-13-20(14-10-17)24(22,23)15-11-16-7-5-4-6-8-16/h4-8,17H,2-3,9-15H2,1H3,(H,19,21). The quantitative estimate of drug-likeness (QED) is 0.729. The molecule has 1 aliphatic rings. The van der Waals surface area contributed by atoms with Crippen molar-refractivity contribution < 1.29 is 13.2 Å². The molecule has 24 heavy (non-hydrogen) atoms. The van der Waals surface area contributed by atoms with Crippen LogP contribution in [0, 0.1) is 5.92 Å². The average Bonchev–Trinajstić information content (AvgIpc) is 2.61. The highest BCUT2D eigenvalue weighted by Gasteiger charge is 2.30. The molecular weight excluding hydrogens is 324 g/mol.